The van der Waals surface area contributed by atoms with Crippen LogP contribution < -0.4 is 0 Å². The second-order valence-electron chi connectivity index (χ2n) is 2.32. The maximum absolute atomic E-state index is 9.94. The highest BCUT2D eigenvalue weighted by Gasteiger charge is 2.01. The van der Waals surface area contributed by atoms with Crippen molar-refractivity contribution in [1.82, 2.24) is 0 Å². The van der Waals surface area contributed by atoms with Gasteiger partial charge >= 0.3 is 0 Å². The molecule has 12 heavy (non-hydrogen) atoms. The molecule has 0 aliphatic carbocycles. The number of hydrogen-bond donors (Lipinski definition) is 3. The van der Waals surface area contributed by atoms with E-state index in [1.165, 1.54) is 6.92 Å². The van der Waals surface area contributed by atoms with E-state index in [1.54, 1.807) is 6.92 Å². The van der Waals surface area contributed by atoms with Crippen molar-refractivity contribution < 1.29 is 18.1 Å². The summed E-state index contributed by atoms with van der Waals surface area (Å²) < 4.78 is 28.0. The van der Waals surface area contributed by atoms with Crippen LogP contribution in [-0.2, 0) is 10.1 Å². The van der Waals surface area contributed by atoms with Gasteiger partial charge in [0.25, 0.3) is 10.1 Å². The third-order valence-electron chi connectivity index (χ3n) is 0.429. The van der Waals surface area contributed by atoms with Crippen LogP contribution in [-0.4, -0.2) is 29.3 Å². The first-order valence-electron chi connectivity index (χ1n) is 3.11. The van der Waals surface area contributed by atoms with Gasteiger partial charge in [-0.1, -0.05) is 12.2 Å². The Morgan fingerprint density at radius 2 is 1.92 bits per heavy atom. The van der Waals surface area contributed by atoms with E-state index < -0.39 is 15.6 Å². The smallest absolute Gasteiger partial charge is 0.268 e. The van der Waals surface area contributed by atoms with Crippen LogP contribution >= 0.6 is 12.6 Å². The van der Waals surface area contributed by atoms with Gasteiger partial charge in [-0.3, -0.25) is 4.55 Å². The van der Waals surface area contributed by atoms with Gasteiger partial charge in [-0.05, 0) is 13.8 Å². The molecule has 0 aromatic rings. The second kappa shape index (κ2) is 6.47. The van der Waals surface area contributed by atoms with Crippen molar-refractivity contribution in [2.75, 3.05) is 5.75 Å². The number of aliphatic hydroxyl groups excluding tert-OH is 1. The predicted octanol–water partition coefficient (Wildman–Crippen LogP) is 0.705. The van der Waals surface area contributed by atoms with Gasteiger partial charge in [0.05, 0.1) is 11.2 Å². The molecule has 0 aromatic carbocycles. The van der Waals surface area contributed by atoms with Crippen molar-refractivity contribution >= 4 is 22.7 Å². The summed E-state index contributed by atoms with van der Waals surface area (Å²) in [4.78, 5) is 0. The lowest BCUT2D eigenvalue weighted by Crippen LogP contribution is -2.03. The Morgan fingerprint density at radius 1 is 1.67 bits per heavy atom. The molecule has 0 amide bonds. The molecule has 0 aliphatic rings. The number of thiol groups is 1. The van der Waals surface area contributed by atoms with Crippen LogP contribution in [0.25, 0.3) is 0 Å². The normalized spacial score (nSPS) is 12.8. The molecule has 0 aliphatic heterocycles. The average molecular weight is 214 g/mol. The van der Waals surface area contributed by atoms with Crippen molar-refractivity contribution in [1.29, 1.82) is 0 Å². The standard InChI is InChI=1S/C4H8O3S.C2H6OS/c1-4(2)3-8(5,6)7;1-2(3)4/h1,3H2,2H3,(H,5,6,7);2-4H,1H3. The third-order valence-corrected chi connectivity index (χ3v) is 1.29. The lowest BCUT2D eigenvalue weighted by Gasteiger charge is -1.90. The molecular formula is C6H14O4S2. The molecule has 0 fully saturated rings. The van der Waals surface area contributed by atoms with Gasteiger partial charge in [-0.2, -0.15) is 8.42 Å². The van der Waals surface area contributed by atoms with Crippen molar-refractivity contribution in [2.45, 2.75) is 19.3 Å². The van der Waals surface area contributed by atoms with Crippen molar-refractivity contribution in [3.05, 3.63) is 12.2 Å². The van der Waals surface area contributed by atoms with Crippen molar-refractivity contribution in [3.8, 4) is 0 Å². The molecule has 0 radical (unpaired) electrons. The van der Waals surface area contributed by atoms with Gasteiger partial charge in [-0.25, -0.2) is 0 Å². The van der Waals surface area contributed by atoms with Gasteiger partial charge in [-0.15, -0.1) is 12.6 Å². The van der Waals surface area contributed by atoms with Crippen LogP contribution in [0.3, 0.4) is 0 Å². The molecule has 1 atom stereocenters. The molecule has 74 valence electrons. The van der Waals surface area contributed by atoms with E-state index in [4.69, 9.17) is 9.66 Å². The maximum atomic E-state index is 9.94. The Bertz CT molecular complexity index is 215. The Labute approximate surface area is 78.5 Å². The summed E-state index contributed by atoms with van der Waals surface area (Å²) in [5, 5.41) is 7.92. The maximum Gasteiger partial charge on any atom is 0.268 e. The summed E-state index contributed by atoms with van der Waals surface area (Å²) in [7, 11) is -3.82. The van der Waals surface area contributed by atoms with E-state index in [1.807, 2.05) is 0 Å². The van der Waals surface area contributed by atoms with Gasteiger partial charge < -0.3 is 5.11 Å². The van der Waals surface area contributed by atoms with Gasteiger partial charge in [0, 0.05) is 0 Å². The summed E-state index contributed by atoms with van der Waals surface area (Å²) in [5.41, 5.74) is -0.0347. The van der Waals surface area contributed by atoms with Crippen molar-refractivity contribution in [2.24, 2.45) is 0 Å². The first-order chi connectivity index (χ1) is 5.15. The zero-order valence-electron chi connectivity index (χ0n) is 7.06. The summed E-state index contributed by atoms with van der Waals surface area (Å²) in [5.74, 6) is -0.340. The van der Waals surface area contributed by atoms with E-state index >= 15 is 0 Å². The van der Waals surface area contributed by atoms with Crippen LogP contribution in [0.1, 0.15) is 13.8 Å². The SMILES string of the molecule is C=C(C)CS(=O)(=O)O.CC(O)S. The monoisotopic (exact) mass is 214 g/mol. The van der Waals surface area contributed by atoms with Crippen molar-refractivity contribution in [3.63, 3.8) is 0 Å². The molecule has 2 N–H and O–H groups in total. The lowest BCUT2D eigenvalue weighted by molar-refractivity contribution is 0.286. The van der Waals surface area contributed by atoms with Gasteiger partial charge in [0.2, 0.25) is 0 Å². The molecule has 0 saturated heterocycles. The van der Waals surface area contributed by atoms with E-state index in [2.05, 4.69) is 19.2 Å². The molecule has 0 saturated carbocycles. The number of hydrogen-bond acceptors (Lipinski definition) is 4. The topological polar surface area (TPSA) is 74.6 Å². The van der Waals surface area contributed by atoms with Crippen LogP contribution in [0.4, 0.5) is 0 Å². The van der Waals surface area contributed by atoms with E-state index in [0.717, 1.165) is 0 Å². The van der Waals surface area contributed by atoms with Gasteiger partial charge in [0.15, 0.2) is 0 Å². The van der Waals surface area contributed by atoms with Crippen LogP contribution in [0.2, 0.25) is 0 Å². The first kappa shape index (κ1) is 14.5. The molecule has 0 aromatic heterocycles. The average Bonchev–Trinajstić information content (AvgIpc) is 1.52. The highest BCUT2D eigenvalue weighted by molar-refractivity contribution is 7.86. The summed E-state index contributed by atoms with van der Waals surface area (Å²) in [6.07, 6.45) is 0. The lowest BCUT2D eigenvalue weighted by atomic mass is 10.4. The minimum atomic E-state index is -3.82. The summed E-state index contributed by atoms with van der Waals surface area (Å²) in [6, 6.07) is 0. The predicted molar refractivity (Wildman–Crippen MR) is 51.9 cm³/mol. The number of aliphatic hydroxyl groups is 1. The minimum Gasteiger partial charge on any atom is -0.383 e. The van der Waals surface area contributed by atoms with E-state index in [-0.39, 0.29) is 5.75 Å². The Morgan fingerprint density at radius 3 is 1.92 bits per heavy atom. The van der Waals surface area contributed by atoms with Gasteiger partial charge in [0.1, 0.15) is 0 Å². The second-order valence-corrected chi connectivity index (χ2v) is 4.52. The molecule has 0 rings (SSSR count). The van der Waals surface area contributed by atoms with E-state index in [0.29, 0.717) is 5.57 Å². The van der Waals surface area contributed by atoms with Crippen LogP contribution in [0.15, 0.2) is 12.2 Å². The zero-order chi connectivity index (χ0) is 10.4. The third kappa shape index (κ3) is 32.5. The minimum absolute atomic E-state index is 0.340. The molecular weight excluding hydrogens is 200 g/mol. The largest absolute Gasteiger partial charge is 0.383 e. The fourth-order valence-electron chi connectivity index (χ4n) is 0.311. The quantitative estimate of drug-likeness (QED) is 0.274. The molecule has 1 unspecified atom stereocenters. The molecule has 4 nitrogen and oxygen atoms in total. The van der Waals surface area contributed by atoms with E-state index in [9.17, 15) is 8.42 Å². The zero-order valence-corrected chi connectivity index (χ0v) is 8.77. The highest BCUT2D eigenvalue weighted by Crippen LogP contribution is 1.91. The first-order valence-corrected chi connectivity index (χ1v) is 5.23. The van der Waals surface area contributed by atoms with Crippen LogP contribution in [0.5, 0.6) is 0 Å². The molecule has 0 bridgehead atoms. The fraction of sp³-hybridized carbons (Fsp3) is 0.667. The molecule has 0 spiro atoms. The Hall–Kier alpha value is -0.0400. The highest BCUT2D eigenvalue weighted by atomic mass is 32.2. The Balaban J connectivity index is 0. The summed E-state index contributed by atoms with van der Waals surface area (Å²) >= 11 is 3.52. The fourth-order valence-corrected chi connectivity index (χ4v) is 0.934. The van der Waals surface area contributed by atoms with Crippen LogP contribution in [0, 0.1) is 0 Å². The summed E-state index contributed by atoms with van der Waals surface area (Å²) in [6.45, 7) is 6.42. The molecule has 0 heterocycles. The number of rotatable bonds is 2. The Kier molecular flexibility index (Phi) is 7.81. The molecule has 6 heteroatoms.